The van der Waals surface area contributed by atoms with Crippen LogP contribution in [0.15, 0.2) is 10.8 Å². The van der Waals surface area contributed by atoms with Crippen molar-refractivity contribution in [2.45, 2.75) is 17.8 Å². The zero-order valence-corrected chi connectivity index (χ0v) is 8.49. The monoisotopic (exact) mass is 252 g/mol. The van der Waals surface area contributed by atoms with Crippen molar-refractivity contribution in [2.24, 2.45) is 0 Å². The maximum atomic E-state index is 2.44. The van der Waals surface area contributed by atoms with Gasteiger partial charge in [0.1, 0.15) is 0 Å². The average molecular weight is 252 g/mol. The molecule has 0 saturated heterocycles. The van der Waals surface area contributed by atoms with E-state index in [4.69, 9.17) is 0 Å². The van der Waals surface area contributed by atoms with E-state index in [0.717, 1.165) is 0 Å². The molecule has 50 valence electrons. The number of halogens is 1. The fourth-order valence-corrected chi connectivity index (χ4v) is 2.64. The van der Waals surface area contributed by atoms with Gasteiger partial charge in [-0.05, 0) is 35.7 Å². The highest BCUT2D eigenvalue weighted by Gasteiger charge is 2.03. The van der Waals surface area contributed by atoms with Crippen LogP contribution in [0.1, 0.15) is 22.0 Å². The molecular formula is C7H9IS. The number of rotatable bonds is 1. The van der Waals surface area contributed by atoms with Gasteiger partial charge in [0.25, 0.3) is 0 Å². The predicted molar refractivity (Wildman–Crippen MR) is 51.5 cm³/mol. The van der Waals surface area contributed by atoms with E-state index < -0.39 is 0 Å². The maximum absolute atomic E-state index is 2.44. The van der Waals surface area contributed by atoms with Crippen molar-refractivity contribution in [3.8, 4) is 0 Å². The van der Waals surface area contributed by atoms with E-state index in [1.54, 1.807) is 11.3 Å². The highest BCUT2D eigenvalue weighted by molar-refractivity contribution is 14.1. The Kier molecular flexibility index (Phi) is 2.52. The second-order valence-electron chi connectivity index (χ2n) is 2.13. The lowest BCUT2D eigenvalue weighted by atomic mass is 10.2. The minimum Gasteiger partial charge on any atom is -0.152 e. The summed E-state index contributed by atoms with van der Waals surface area (Å²) in [6.07, 6.45) is 0. The summed E-state index contributed by atoms with van der Waals surface area (Å²) in [4.78, 5) is 0. The standard InChI is InChI=1S/C7H9IS/c1-5-3-9-4-7(5)6(2)8/h3-4,6H,1-2H3. The first-order chi connectivity index (χ1) is 4.22. The molecule has 9 heavy (non-hydrogen) atoms. The SMILES string of the molecule is Cc1cscc1C(C)I. The maximum Gasteiger partial charge on any atom is 0.0342 e. The lowest BCUT2D eigenvalue weighted by molar-refractivity contribution is 1.14. The third kappa shape index (κ3) is 1.67. The molecule has 0 N–H and O–H groups in total. The summed E-state index contributed by atoms with van der Waals surface area (Å²) in [6, 6.07) is 0. The van der Waals surface area contributed by atoms with Gasteiger partial charge >= 0.3 is 0 Å². The lowest BCUT2D eigenvalue weighted by Gasteiger charge is -1.99. The van der Waals surface area contributed by atoms with Crippen molar-refractivity contribution in [3.05, 3.63) is 21.9 Å². The summed E-state index contributed by atoms with van der Waals surface area (Å²) in [5, 5.41) is 4.43. The van der Waals surface area contributed by atoms with E-state index >= 15 is 0 Å². The van der Waals surface area contributed by atoms with Crippen molar-refractivity contribution < 1.29 is 0 Å². The number of thiophene rings is 1. The second kappa shape index (κ2) is 3.01. The fraction of sp³-hybridized carbons (Fsp3) is 0.429. The van der Waals surface area contributed by atoms with Gasteiger partial charge in [0.2, 0.25) is 0 Å². The smallest absolute Gasteiger partial charge is 0.0342 e. The largest absolute Gasteiger partial charge is 0.152 e. The molecule has 1 rings (SSSR count). The Hall–Kier alpha value is 0.430. The molecule has 1 aromatic heterocycles. The molecule has 0 radical (unpaired) electrons. The molecule has 0 nitrogen and oxygen atoms in total. The number of hydrogen-bond acceptors (Lipinski definition) is 1. The molecule has 0 aliphatic heterocycles. The zero-order valence-electron chi connectivity index (χ0n) is 5.52. The topological polar surface area (TPSA) is 0 Å². The van der Waals surface area contributed by atoms with Crippen molar-refractivity contribution in [1.29, 1.82) is 0 Å². The Balaban J connectivity index is 2.94. The van der Waals surface area contributed by atoms with Crippen LogP contribution < -0.4 is 0 Å². The summed E-state index contributed by atoms with van der Waals surface area (Å²) in [6.45, 7) is 4.39. The van der Waals surface area contributed by atoms with Gasteiger partial charge < -0.3 is 0 Å². The molecule has 0 aromatic carbocycles. The van der Waals surface area contributed by atoms with E-state index in [2.05, 4.69) is 47.2 Å². The van der Waals surface area contributed by atoms with Gasteiger partial charge in [-0.25, -0.2) is 0 Å². The van der Waals surface area contributed by atoms with Gasteiger partial charge in [0, 0.05) is 3.92 Å². The number of aryl methyl sites for hydroxylation is 1. The zero-order chi connectivity index (χ0) is 6.85. The van der Waals surface area contributed by atoms with Crippen LogP contribution >= 0.6 is 33.9 Å². The van der Waals surface area contributed by atoms with E-state index in [9.17, 15) is 0 Å². The number of hydrogen-bond donors (Lipinski definition) is 0. The van der Waals surface area contributed by atoms with Gasteiger partial charge in [-0.1, -0.05) is 22.6 Å². The highest BCUT2D eigenvalue weighted by Crippen LogP contribution is 2.27. The second-order valence-corrected chi connectivity index (χ2v) is 4.74. The Bertz CT molecular complexity index is 191. The molecule has 0 aliphatic rings. The highest BCUT2D eigenvalue weighted by atomic mass is 127. The predicted octanol–water partition coefficient (Wildman–Crippen LogP) is 3.55. The van der Waals surface area contributed by atoms with Gasteiger partial charge in [0.05, 0.1) is 0 Å². The number of alkyl halides is 1. The van der Waals surface area contributed by atoms with Gasteiger partial charge in [0.15, 0.2) is 0 Å². The molecule has 0 amide bonds. The van der Waals surface area contributed by atoms with Crippen molar-refractivity contribution >= 4 is 33.9 Å². The quantitative estimate of drug-likeness (QED) is 0.529. The van der Waals surface area contributed by atoms with E-state index in [0.29, 0.717) is 3.92 Å². The Morgan fingerprint density at radius 1 is 1.56 bits per heavy atom. The molecule has 0 spiro atoms. The first-order valence-corrected chi connectivity index (χ1v) is 5.07. The normalized spacial score (nSPS) is 13.7. The fourth-order valence-electron chi connectivity index (χ4n) is 0.778. The van der Waals surface area contributed by atoms with Gasteiger partial charge in [-0.3, -0.25) is 0 Å². The summed E-state index contributed by atoms with van der Waals surface area (Å²) < 4.78 is 0.661. The van der Waals surface area contributed by atoms with Crippen LogP contribution in [0.3, 0.4) is 0 Å². The summed E-state index contributed by atoms with van der Waals surface area (Å²) in [5.41, 5.74) is 2.92. The molecule has 1 heterocycles. The first kappa shape index (κ1) is 7.54. The van der Waals surface area contributed by atoms with Crippen LogP contribution in [0.25, 0.3) is 0 Å². The molecule has 2 heteroatoms. The van der Waals surface area contributed by atoms with Crippen LogP contribution in [-0.4, -0.2) is 0 Å². The lowest BCUT2D eigenvalue weighted by Crippen LogP contribution is -1.80. The van der Waals surface area contributed by atoms with E-state index in [1.807, 2.05) is 0 Å². The van der Waals surface area contributed by atoms with Gasteiger partial charge in [-0.15, -0.1) is 0 Å². The third-order valence-electron chi connectivity index (χ3n) is 1.32. The first-order valence-electron chi connectivity index (χ1n) is 2.88. The van der Waals surface area contributed by atoms with E-state index in [1.165, 1.54) is 11.1 Å². The minimum atomic E-state index is 0.661. The Morgan fingerprint density at radius 3 is 2.44 bits per heavy atom. The van der Waals surface area contributed by atoms with Crippen molar-refractivity contribution in [1.82, 2.24) is 0 Å². The molecular weight excluding hydrogens is 243 g/mol. The molecule has 0 aliphatic carbocycles. The third-order valence-corrected chi connectivity index (χ3v) is 2.87. The molecule has 0 bridgehead atoms. The van der Waals surface area contributed by atoms with Crippen LogP contribution in [0, 0.1) is 6.92 Å². The summed E-state index contributed by atoms with van der Waals surface area (Å²) in [5.74, 6) is 0. The minimum absolute atomic E-state index is 0.661. The molecule has 1 aromatic rings. The van der Waals surface area contributed by atoms with Crippen LogP contribution in [0.5, 0.6) is 0 Å². The molecule has 1 unspecified atom stereocenters. The molecule has 1 atom stereocenters. The van der Waals surface area contributed by atoms with Crippen LogP contribution in [0.4, 0.5) is 0 Å². The molecule has 0 fully saturated rings. The average Bonchev–Trinajstić information content (AvgIpc) is 2.13. The summed E-state index contributed by atoms with van der Waals surface area (Å²) in [7, 11) is 0. The van der Waals surface area contributed by atoms with Gasteiger partial charge in [-0.2, -0.15) is 11.3 Å². The summed E-state index contributed by atoms with van der Waals surface area (Å²) >= 11 is 4.23. The van der Waals surface area contributed by atoms with Crippen LogP contribution in [-0.2, 0) is 0 Å². The Labute approximate surface area is 73.4 Å². The van der Waals surface area contributed by atoms with E-state index in [-0.39, 0.29) is 0 Å². The van der Waals surface area contributed by atoms with Crippen LogP contribution in [0.2, 0.25) is 0 Å². The van der Waals surface area contributed by atoms with Crippen molar-refractivity contribution in [3.63, 3.8) is 0 Å². The Morgan fingerprint density at radius 2 is 2.22 bits per heavy atom. The van der Waals surface area contributed by atoms with Crippen molar-refractivity contribution in [2.75, 3.05) is 0 Å². The molecule has 0 saturated carbocycles.